The van der Waals surface area contributed by atoms with E-state index in [1.165, 1.54) is 6.33 Å². The van der Waals surface area contributed by atoms with E-state index in [2.05, 4.69) is 27.2 Å². The van der Waals surface area contributed by atoms with E-state index < -0.39 is 0 Å². The predicted molar refractivity (Wildman–Crippen MR) is 68.3 cm³/mol. The highest BCUT2D eigenvalue weighted by atomic mass is 16.5. The van der Waals surface area contributed by atoms with E-state index in [0.717, 1.165) is 23.4 Å². The zero-order valence-corrected chi connectivity index (χ0v) is 10.5. The normalized spacial score (nSPS) is 12.1. The summed E-state index contributed by atoms with van der Waals surface area (Å²) in [4.78, 5) is 12.3. The van der Waals surface area contributed by atoms with Gasteiger partial charge < -0.3 is 10.1 Å². The molecule has 0 saturated heterocycles. The van der Waals surface area contributed by atoms with E-state index >= 15 is 0 Å². The number of rotatable bonds is 5. The third-order valence-corrected chi connectivity index (χ3v) is 2.63. The Balaban J connectivity index is 2.35. The summed E-state index contributed by atoms with van der Waals surface area (Å²) in [6.45, 7) is 2.90. The van der Waals surface area contributed by atoms with Crippen LogP contribution in [0, 0.1) is 0 Å². The lowest BCUT2D eigenvalue weighted by atomic mass is 10.0. The Bertz CT molecular complexity index is 489. The van der Waals surface area contributed by atoms with Gasteiger partial charge >= 0.3 is 0 Å². The molecule has 0 spiro atoms. The van der Waals surface area contributed by atoms with Gasteiger partial charge in [-0.15, -0.1) is 0 Å². The van der Waals surface area contributed by atoms with Gasteiger partial charge in [0.15, 0.2) is 0 Å². The SMILES string of the molecule is CCNC(c1cncnc1)c1cncc(OC)c1. The molecule has 0 aliphatic carbocycles. The average molecular weight is 244 g/mol. The maximum Gasteiger partial charge on any atom is 0.137 e. The van der Waals surface area contributed by atoms with Crippen molar-refractivity contribution < 1.29 is 4.74 Å². The summed E-state index contributed by atoms with van der Waals surface area (Å²) in [5.74, 6) is 0.743. The van der Waals surface area contributed by atoms with Crippen LogP contribution in [0.1, 0.15) is 24.1 Å². The first-order valence-electron chi connectivity index (χ1n) is 5.82. The summed E-state index contributed by atoms with van der Waals surface area (Å²) in [7, 11) is 1.63. The second kappa shape index (κ2) is 6.07. The molecule has 0 bridgehead atoms. The van der Waals surface area contributed by atoms with Gasteiger partial charge in [-0.2, -0.15) is 0 Å². The summed E-state index contributed by atoms with van der Waals surface area (Å²) in [6.07, 6.45) is 8.65. The molecule has 1 atom stereocenters. The molecule has 0 aliphatic heterocycles. The number of nitrogens with zero attached hydrogens (tertiary/aromatic N) is 3. The summed E-state index contributed by atoms with van der Waals surface area (Å²) >= 11 is 0. The van der Waals surface area contributed by atoms with Crippen molar-refractivity contribution in [3.8, 4) is 5.75 Å². The summed E-state index contributed by atoms with van der Waals surface area (Å²) in [5.41, 5.74) is 2.04. The van der Waals surface area contributed by atoms with Gasteiger partial charge in [0.2, 0.25) is 0 Å². The van der Waals surface area contributed by atoms with Crippen molar-refractivity contribution in [2.45, 2.75) is 13.0 Å². The van der Waals surface area contributed by atoms with Crippen molar-refractivity contribution >= 4 is 0 Å². The molecular weight excluding hydrogens is 228 g/mol. The molecular formula is C13H16N4O. The molecule has 18 heavy (non-hydrogen) atoms. The second-order valence-corrected chi connectivity index (χ2v) is 3.82. The Morgan fingerprint density at radius 1 is 1.11 bits per heavy atom. The summed E-state index contributed by atoms with van der Waals surface area (Å²) < 4.78 is 5.20. The van der Waals surface area contributed by atoms with E-state index in [0.29, 0.717) is 0 Å². The molecule has 1 unspecified atom stereocenters. The maximum absolute atomic E-state index is 5.20. The largest absolute Gasteiger partial charge is 0.495 e. The molecule has 0 aliphatic rings. The number of hydrogen-bond donors (Lipinski definition) is 1. The summed E-state index contributed by atoms with van der Waals surface area (Å²) in [5, 5.41) is 3.39. The molecule has 1 N–H and O–H groups in total. The minimum atomic E-state index is 0.0267. The fourth-order valence-corrected chi connectivity index (χ4v) is 1.80. The highest BCUT2D eigenvalue weighted by Gasteiger charge is 2.14. The minimum absolute atomic E-state index is 0.0267. The van der Waals surface area contributed by atoms with Gasteiger partial charge in [-0.3, -0.25) is 4.98 Å². The molecule has 2 rings (SSSR count). The lowest BCUT2D eigenvalue weighted by Crippen LogP contribution is -2.22. The molecule has 0 fully saturated rings. The number of hydrogen-bond acceptors (Lipinski definition) is 5. The number of methoxy groups -OCH3 is 1. The molecule has 0 radical (unpaired) electrons. The highest BCUT2D eigenvalue weighted by Crippen LogP contribution is 2.23. The van der Waals surface area contributed by atoms with Crippen molar-refractivity contribution in [3.05, 3.63) is 48.3 Å². The topological polar surface area (TPSA) is 59.9 Å². The fourth-order valence-electron chi connectivity index (χ4n) is 1.80. The van der Waals surface area contributed by atoms with Crippen LogP contribution < -0.4 is 10.1 Å². The zero-order valence-electron chi connectivity index (χ0n) is 10.5. The maximum atomic E-state index is 5.20. The molecule has 5 heteroatoms. The van der Waals surface area contributed by atoms with Crippen molar-refractivity contribution in [2.75, 3.05) is 13.7 Å². The van der Waals surface area contributed by atoms with Crippen LogP contribution in [0.2, 0.25) is 0 Å². The van der Waals surface area contributed by atoms with E-state index in [9.17, 15) is 0 Å². The van der Waals surface area contributed by atoms with Gasteiger partial charge in [-0.25, -0.2) is 9.97 Å². The van der Waals surface area contributed by atoms with Gasteiger partial charge in [0.1, 0.15) is 12.1 Å². The standard InChI is InChI=1S/C13H16N4O/c1-3-17-13(11-6-15-9-16-7-11)10-4-12(18-2)8-14-5-10/h4-9,13,17H,3H2,1-2H3. The van der Waals surface area contributed by atoms with Gasteiger partial charge in [-0.1, -0.05) is 6.92 Å². The van der Waals surface area contributed by atoms with Crippen LogP contribution in [-0.4, -0.2) is 28.6 Å². The highest BCUT2D eigenvalue weighted by molar-refractivity contribution is 5.32. The second-order valence-electron chi connectivity index (χ2n) is 3.82. The average Bonchev–Trinajstić information content (AvgIpc) is 2.46. The number of nitrogens with one attached hydrogen (secondary N) is 1. The predicted octanol–water partition coefficient (Wildman–Crippen LogP) is 1.58. The van der Waals surface area contributed by atoms with Gasteiger partial charge in [0.05, 0.1) is 19.3 Å². The van der Waals surface area contributed by atoms with Crippen LogP contribution in [-0.2, 0) is 0 Å². The lowest BCUT2D eigenvalue weighted by molar-refractivity contribution is 0.411. The molecule has 2 aromatic rings. The van der Waals surface area contributed by atoms with Crippen LogP contribution in [0.3, 0.4) is 0 Å². The lowest BCUT2D eigenvalue weighted by Gasteiger charge is -2.18. The zero-order chi connectivity index (χ0) is 12.8. The van der Waals surface area contributed by atoms with Crippen LogP contribution in [0.5, 0.6) is 5.75 Å². The van der Waals surface area contributed by atoms with Crippen LogP contribution >= 0.6 is 0 Å². The quantitative estimate of drug-likeness (QED) is 0.865. The molecule has 5 nitrogen and oxygen atoms in total. The number of pyridine rings is 1. The molecule has 94 valence electrons. The van der Waals surface area contributed by atoms with Crippen molar-refractivity contribution in [1.29, 1.82) is 0 Å². The molecule has 2 heterocycles. The van der Waals surface area contributed by atoms with Crippen molar-refractivity contribution in [1.82, 2.24) is 20.3 Å². The Hall–Kier alpha value is -2.01. The van der Waals surface area contributed by atoms with Crippen LogP contribution in [0.4, 0.5) is 0 Å². The van der Waals surface area contributed by atoms with E-state index in [4.69, 9.17) is 4.74 Å². The van der Waals surface area contributed by atoms with Gasteiger partial charge in [0.25, 0.3) is 0 Å². The first-order chi connectivity index (χ1) is 8.85. The first kappa shape index (κ1) is 12.4. The van der Waals surface area contributed by atoms with E-state index in [1.807, 2.05) is 12.3 Å². The van der Waals surface area contributed by atoms with Gasteiger partial charge in [0, 0.05) is 24.2 Å². The van der Waals surface area contributed by atoms with Gasteiger partial charge in [-0.05, 0) is 18.2 Å². The fraction of sp³-hybridized carbons (Fsp3) is 0.308. The Labute approximate surface area is 106 Å². The third-order valence-electron chi connectivity index (χ3n) is 2.63. The van der Waals surface area contributed by atoms with Crippen molar-refractivity contribution in [2.24, 2.45) is 0 Å². The number of aromatic nitrogens is 3. The molecule has 0 saturated carbocycles. The smallest absolute Gasteiger partial charge is 0.137 e. The molecule has 2 aromatic heterocycles. The van der Waals surface area contributed by atoms with Crippen LogP contribution in [0.25, 0.3) is 0 Å². The number of ether oxygens (including phenoxy) is 1. The first-order valence-corrected chi connectivity index (χ1v) is 5.82. The Kier molecular flexibility index (Phi) is 4.20. The van der Waals surface area contributed by atoms with E-state index in [1.54, 1.807) is 25.7 Å². The summed E-state index contributed by atoms with van der Waals surface area (Å²) in [6, 6.07) is 1.99. The minimum Gasteiger partial charge on any atom is -0.495 e. The third kappa shape index (κ3) is 2.81. The Morgan fingerprint density at radius 3 is 2.50 bits per heavy atom. The van der Waals surface area contributed by atoms with E-state index in [-0.39, 0.29) is 6.04 Å². The molecule has 0 amide bonds. The monoisotopic (exact) mass is 244 g/mol. The Morgan fingerprint density at radius 2 is 1.83 bits per heavy atom. The van der Waals surface area contributed by atoms with Crippen LogP contribution in [0.15, 0.2) is 37.2 Å². The molecule has 0 aromatic carbocycles. The van der Waals surface area contributed by atoms with Crippen molar-refractivity contribution in [3.63, 3.8) is 0 Å².